The van der Waals surface area contributed by atoms with Gasteiger partial charge in [0.05, 0.1) is 5.02 Å². The number of hydrogen-bond donors (Lipinski definition) is 1. The molecule has 1 saturated heterocycles. The first-order valence-electron chi connectivity index (χ1n) is 5.54. The van der Waals surface area contributed by atoms with Crippen molar-refractivity contribution < 1.29 is 0 Å². The topological polar surface area (TPSA) is 12.0 Å². The predicted octanol–water partition coefficient (Wildman–Crippen LogP) is 4.09. The molecule has 0 aliphatic carbocycles. The fraction of sp³-hybridized carbons (Fsp3) is 0.500. The van der Waals surface area contributed by atoms with Crippen molar-refractivity contribution in [2.45, 2.75) is 17.7 Å². The molecule has 1 aliphatic rings. The van der Waals surface area contributed by atoms with E-state index in [-0.39, 0.29) is 0 Å². The molecule has 0 aromatic heterocycles. The van der Waals surface area contributed by atoms with Gasteiger partial charge in [-0.2, -0.15) is 0 Å². The second-order valence-corrected chi connectivity index (χ2v) is 6.00. The van der Waals surface area contributed by atoms with E-state index in [0.29, 0.717) is 5.02 Å². The first-order chi connectivity index (χ1) is 7.75. The van der Waals surface area contributed by atoms with Crippen LogP contribution in [0.1, 0.15) is 12.8 Å². The summed E-state index contributed by atoms with van der Waals surface area (Å²) < 4.78 is 0. The first kappa shape index (κ1) is 12.6. The Morgan fingerprint density at radius 2 is 2.25 bits per heavy atom. The second-order valence-electron chi connectivity index (χ2n) is 4.10. The fourth-order valence-electron chi connectivity index (χ4n) is 1.87. The number of piperidine rings is 1. The Hall–Kier alpha value is 0.110. The fourth-order valence-corrected chi connectivity index (χ4v) is 3.50. The van der Waals surface area contributed by atoms with Crippen molar-refractivity contribution in [2.75, 3.05) is 18.8 Å². The molecular weight excluding hydrogens is 261 g/mol. The smallest absolute Gasteiger partial charge is 0.0556 e. The van der Waals surface area contributed by atoms with Crippen LogP contribution in [0.3, 0.4) is 0 Å². The SMILES string of the molecule is Clc1ccc(SC[C@H]2CCCNC2)c(Cl)c1. The lowest BCUT2D eigenvalue weighted by Gasteiger charge is -2.22. The minimum atomic E-state index is 0.702. The van der Waals surface area contributed by atoms with Gasteiger partial charge in [0.2, 0.25) is 0 Å². The first-order valence-corrected chi connectivity index (χ1v) is 7.28. The molecule has 1 aliphatic heterocycles. The summed E-state index contributed by atoms with van der Waals surface area (Å²) in [7, 11) is 0. The van der Waals surface area contributed by atoms with Crippen LogP contribution in [-0.2, 0) is 0 Å². The van der Waals surface area contributed by atoms with Crippen molar-refractivity contribution in [1.29, 1.82) is 0 Å². The highest BCUT2D eigenvalue weighted by atomic mass is 35.5. The molecule has 1 atom stereocenters. The average Bonchev–Trinajstić information content (AvgIpc) is 2.29. The number of halogens is 2. The van der Waals surface area contributed by atoms with Gasteiger partial charge < -0.3 is 5.32 Å². The standard InChI is InChI=1S/C12H15Cl2NS/c13-10-3-4-12(11(14)6-10)16-8-9-2-1-5-15-7-9/h3-4,6,9,15H,1-2,5,7-8H2/t9-/m0/s1. The Labute approximate surface area is 111 Å². The van der Waals surface area contributed by atoms with Crippen molar-refractivity contribution in [3.63, 3.8) is 0 Å². The minimum absolute atomic E-state index is 0.702. The lowest BCUT2D eigenvalue weighted by atomic mass is 10.0. The van der Waals surface area contributed by atoms with Crippen molar-refractivity contribution in [2.24, 2.45) is 5.92 Å². The molecule has 0 spiro atoms. The zero-order chi connectivity index (χ0) is 11.4. The third kappa shape index (κ3) is 3.56. The average molecular weight is 276 g/mol. The maximum atomic E-state index is 6.13. The molecule has 0 bridgehead atoms. The summed E-state index contributed by atoms with van der Waals surface area (Å²) in [5.41, 5.74) is 0. The van der Waals surface area contributed by atoms with Crippen LogP contribution in [0.5, 0.6) is 0 Å². The zero-order valence-electron chi connectivity index (χ0n) is 9.01. The van der Waals surface area contributed by atoms with Gasteiger partial charge in [0.15, 0.2) is 0 Å². The summed E-state index contributed by atoms with van der Waals surface area (Å²) in [6.07, 6.45) is 2.62. The van der Waals surface area contributed by atoms with Crippen LogP contribution in [0.4, 0.5) is 0 Å². The summed E-state index contributed by atoms with van der Waals surface area (Å²) in [4.78, 5) is 1.14. The van der Waals surface area contributed by atoms with Crippen LogP contribution < -0.4 is 5.32 Å². The van der Waals surface area contributed by atoms with Crippen molar-refractivity contribution >= 4 is 35.0 Å². The third-order valence-corrected chi connectivity index (χ3v) is 4.73. The molecule has 0 saturated carbocycles. The predicted molar refractivity (Wildman–Crippen MR) is 72.8 cm³/mol. The van der Waals surface area contributed by atoms with E-state index in [9.17, 15) is 0 Å². The van der Waals surface area contributed by atoms with Gasteiger partial charge in [0, 0.05) is 15.7 Å². The molecule has 16 heavy (non-hydrogen) atoms. The number of nitrogens with one attached hydrogen (secondary N) is 1. The van der Waals surface area contributed by atoms with Gasteiger partial charge in [0.1, 0.15) is 0 Å². The van der Waals surface area contributed by atoms with E-state index >= 15 is 0 Å². The summed E-state index contributed by atoms with van der Waals surface area (Å²) in [6.45, 7) is 2.31. The lowest BCUT2D eigenvalue weighted by molar-refractivity contribution is 0.410. The molecule has 88 valence electrons. The highest BCUT2D eigenvalue weighted by Crippen LogP contribution is 2.31. The molecule has 4 heteroatoms. The van der Waals surface area contributed by atoms with Crippen LogP contribution >= 0.6 is 35.0 Å². The summed E-state index contributed by atoms with van der Waals surface area (Å²) in [5, 5.41) is 4.89. The lowest BCUT2D eigenvalue weighted by Crippen LogP contribution is -2.30. The van der Waals surface area contributed by atoms with E-state index in [1.54, 1.807) is 0 Å². The molecule has 2 rings (SSSR count). The molecule has 0 unspecified atom stereocenters. The van der Waals surface area contributed by atoms with Crippen molar-refractivity contribution in [3.05, 3.63) is 28.2 Å². The van der Waals surface area contributed by atoms with Gasteiger partial charge in [-0.25, -0.2) is 0 Å². The van der Waals surface area contributed by atoms with Crippen LogP contribution in [0.2, 0.25) is 10.0 Å². The highest BCUT2D eigenvalue weighted by molar-refractivity contribution is 7.99. The van der Waals surface area contributed by atoms with E-state index in [1.165, 1.54) is 19.4 Å². The van der Waals surface area contributed by atoms with E-state index in [1.807, 2.05) is 30.0 Å². The van der Waals surface area contributed by atoms with Gasteiger partial charge in [-0.1, -0.05) is 23.2 Å². The van der Waals surface area contributed by atoms with E-state index in [4.69, 9.17) is 23.2 Å². The third-order valence-electron chi connectivity index (χ3n) is 2.77. The number of thioether (sulfide) groups is 1. The quantitative estimate of drug-likeness (QED) is 0.835. The van der Waals surface area contributed by atoms with Crippen molar-refractivity contribution in [3.8, 4) is 0 Å². The maximum absolute atomic E-state index is 6.13. The Morgan fingerprint density at radius 3 is 2.94 bits per heavy atom. The van der Waals surface area contributed by atoms with E-state index in [2.05, 4.69) is 5.32 Å². The van der Waals surface area contributed by atoms with Gasteiger partial charge in [-0.05, 0) is 50.0 Å². The normalized spacial score (nSPS) is 21.0. The largest absolute Gasteiger partial charge is 0.316 e. The summed E-state index contributed by atoms with van der Waals surface area (Å²) in [6, 6.07) is 5.71. The Kier molecular flexibility index (Phi) is 4.83. The monoisotopic (exact) mass is 275 g/mol. The Morgan fingerprint density at radius 1 is 1.38 bits per heavy atom. The van der Waals surface area contributed by atoms with Crippen LogP contribution in [0.15, 0.2) is 23.1 Å². The van der Waals surface area contributed by atoms with Crippen LogP contribution in [0.25, 0.3) is 0 Å². The van der Waals surface area contributed by atoms with E-state index in [0.717, 1.165) is 28.1 Å². The van der Waals surface area contributed by atoms with Gasteiger partial charge in [-0.3, -0.25) is 0 Å². The van der Waals surface area contributed by atoms with Gasteiger partial charge in [0.25, 0.3) is 0 Å². The number of rotatable bonds is 3. The molecule has 1 heterocycles. The van der Waals surface area contributed by atoms with Gasteiger partial charge >= 0.3 is 0 Å². The Balaban J connectivity index is 1.88. The highest BCUT2D eigenvalue weighted by Gasteiger charge is 2.13. The minimum Gasteiger partial charge on any atom is -0.316 e. The molecule has 1 aromatic rings. The molecule has 1 nitrogen and oxygen atoms in total. The summed E-state index contributed by atoms with van der Waals surface area (Å²) >= 11 is 13.8. The molecule has 1 aromatic carbocycles. The number of benzene rings is 1. The van der Waals surface area contributed by atoms with Gasteiger partial charge in [-0.15, -0.1) is 11.8 Å². The second kappa shape index (κ2) is 6.15. The summed E-state index contributed by atoms with van der Waals surface area (Å²) in [5.74, 6) is 1.90. The Bertz CT molecular complexity index is 351. The van der Waals surface area contributed by atoms with E-state index < -0.39 is 0 Å². The van der Waals surface area contributed by atoms with Crippen LogP contribution in [-0.4, -0.2) is 18.8 Å². The maximum Gasteiger partial charge on any atom is 0.0556 e. The molecule has 1 fully saturated rings. The number of hydrogen-bond acceptors (Lipinski definition) is 2. The molecular formula is C12H15Cl2NS. The van der Waals surface area contributed by atoms with Crippen molar-refractivity contribution in [1.82, 2.24) is 5.32 Å². The zero-order valence-corrected chi connectivity index (χ0v) is 11.3. The molecule has 0 radical (unpaired) electrons. The van der Waals surface area contributed by atoms with Crippen LogP contribution in [0, 0.1) is 5.92 Å². The molecule has 0 amide bonds. The molecule has 1 N–H and O–H groups in total.